The van der Waals surface area contributed by atoms with Crippen LogP contribution in [0.15, 0.2) is 12.3 Å². The van der Waals surface area contributed by atoms with Gasteiger partial charge in [0.25, 0.3) is 0 Å². The molecule has 1 aromatic heterocycles. The van der Waals surface area contributed by atoms with Crippen molar-refractivity contribution in [2.75, 3.05) is 5.75 Å². The zero-order valence-corrected chi connectivity index (χ0v) is 11.5. The molecule has 7 heteroatoms. The SMILES string of the molecule is C[C@]12CCC(=O)N1[C@H](C(=O)NCc1ccn[nH]1)CS2. The molecule has 0 bridgehead atoms. The zero-order valence-electron chi connectivity index (χ0n) is 10.7. The van der Waals surface area contributed by atoms with Crippen molar-refractivity contribution in [1.82, 2.24) is 20.4 Å². The molecule has 2 N–H and O–H groups in total. The number of carbonyl (C=O) groups is 2. The van der Waals surface area contributed by atoms with Crippen molar-refractivity contribution < 1.29 is 9.59 Å². The Bertz CT molecular complexity index is 504. The van der Waals surface area contributed by atoms with E-state index in [1.807, 2.05) is 13.0 Å². The predicted molar refractivity (Wildman–Crippen MR) is 71.2 cm³/mol. The lowest BCUT2D eigenvalue weighted by Gasteiger charge is -2.29. The van der Waals surface area contributed by atoms with Crippen molar-refractivity contribution in [1.29, 1.82) is 0 Å². The molecule has 2 amide bonds. The first kappa shape index (κ1) is 12.5. The summed E-state index contributed by atoms with van der Waals surface area (Å²) in [5.74, 6) is 0.687. The predicted octanol–water partition coefficient (Wildman–Crippen LogP) is 0.480. The number of hydrogen-bond donors (Lipinski definition) is 2. The number of aromatic amines is 1. The summed E-state index contributed by atoms with van der Waals surface area (Å²) in [5, 5.41) is 9.48. The third-order valence-electron chi connectivity index (χ3n) is 3.76. The molecule has 0 unspecified atom stereocenters. The number of thioether (sulfide) groups is 1. The summed E-state index contributed by atoms with van der Waals surface area (Å²) < 4.78 is 0. The second kappa shape index (κ2) is 4.56. The Kier molecular flexibility index (Phi) is 3.00. The number of carbonyl (C=O) groups excluding carboxylic acids is 2. The zero-order chi connectivity index (χ0) is 13.5. The molecule has 0 aromatic carbocycles. The van der Waals surface area contributed by atoms with Crippen LogP contribution in [-0.4, -0.2) is 43.6 Å². The Hall–Kier alpha value is -1.50. The maximum absolute atomic E-state index is 12.2. The van der Waals surface area contributed by atoms with E-state index in [2.05, 4.69) is 15.5 Å². The molecule has 2 aliphatic heterocycles. The fraction of sp³-hybridized carbons (Fsp3) is 0.583. The van der Waals surface area contributed by atoms with Crippen LogP contribution in [0.25, 0.3) is 0 Å². The average Bonchev–Trinajstić information content (AvgIpc) is 3.06. The van der Waals surface area contributed by atoms with E-state index in [4.69, 9.17) is 0 Å². The van der Waals surface area contributed by atoms with Gasteiger partial charge in [-0.3, -0.25) is 14.7 Å². The van der Waals surface area contributed by atoms with E-state index >= 15 is 0 Å². The fourth-order valence-corrected chi connectivity index (χ4v) is 4.13. The molecule has 0 aliphatic carbocycles. The van der Waals surface area contributed by atoms with Gasteiger partial charge in [0.05, 0.1) is 17.1 Å². The molecule has 0 radical (unpaired) electrons. The fourth-order valence-electron chi connectivity index (χ4n) is 2.70. The Labute approximate surface area is 115 Å². The average molecular weight is 280 g/mol. The number of hydrogen-bond acceptors (Lipinski definition) is 4. The first-order chi connectivity index (χ1) is 9.10. The summed E-state index contributed by atoms with van der Waals surface area (Å²) in [4.78, 5) is 25.7. The summed E-state index contributed by atoms with van der Waals surface area (Å²) >= 11 is 1.70. The van der Waals surface area contributed by atoms with Gasteiger partial charge in [-0.1, -0.05) is 0 Å². The van der Waals surface area contributed by atoms with Crippen molar-refractivity contribution in [3.63, 3.8) is 0 Å². The number of aromatic nitrogens is 2. The number of fused-ring (bicyclic) bond motifs is 1. The minimum atomic E-state index is -0.340. The van der Waals surface area contributed by atoms with Gasteiger partial charge in [-0.2, -0.15) is 5.10 Å². The maximum Gasteiger partial charge on any atom is 0.244 e. The van der Waals surface area contributed by atoms with Gasteiger partial charge in [-0.15, -0.1) is 11.8 Å². The summed E-state index contributed by atoms with van der Waals surface area (Å²) in [6, 6.07) is 1.47. The van der Waals surface area contributed by atoms with E-state index in [1.165, 1.54) is 0 Å². The number of nitrogens with one attached hydrogen (secondary N) is 2. The molecule has 2 aliphatic rings. The van der Waals surface area contributed by atoms with E-state index in [1.54, 1.807) is 22.9 Å². The van der Waals surface area contributed by atoms with Crippen molar-refractivity contribution in [2.24, 2.45) is 0 Å². The lowest BCUT2D eigenvalue weighted by Crippen LogP contribution is -2.49. The van der Waals surface area contributed by atoms with Crippen LogP contribution in [0.2, 0.25) is 0 Å². The van der Waals surface area contributed by atoms with E-state index in [0.29, 0.717) is 18.7 Å². The lowest BCUT2D eigenvalue weighted by atomic mass is 10.2. The van der Waals surface area contributed by atoms with E-state index < -0.39 is 0 Å². The highest BCUT2D eigenvalue weighted by atomic mass is 32.2. The number of rotatable bonds is 3. The quantitative estimate of drug-likeness (QED) is 0.844. The number of H-pyrrole nitrogens is 1. The van der Waals surface area contributed by atoms with Crippen molar-refractivity contribution in [3.8, 4) is 0 Å². The smallest absolute Gasteiger partial charge is 0.244 e. The minimum absolute atomic E-state index is 0.0823. The van der Waals surface area contributed by atoms with Crippen LogP contribution in [0.1, 0.15) is 25.5 Å². The molecule has 3 heterocycles. The molecule has 6 nitrogen and oxygen atoms in total. The molecule has 2 saturated heterocycles. The third-order valence-corrected chi connectivity index (χ3v) is 5.26. The molecule has 1 aromatic rings. The topological polar surface area (TPSA) is 78.1 Å². The second-order valence-corrected chi connectivity index (χ2v) is 6.57. The van der Waals surface area contributed by atoms with Gasteiger partial charge in [0.15, 0.2) is 0 Å². The normalized spacial score (nSPS) is 29.6. The largest absolute Gasteiger partial charge is 0.349 e. The minimum Gasteiger partial charge on any atom is -0.349 e. The number of amides is 2. The summed E-state index contributed by atoms with van der Waals surface area (Å²) in [7, 11) is 0. The molecule has 102 valence electrons. The standard InChI is InChI=1S/C12H16N4O2S/c1-12-4-2-10(17)16(12)9(7-19-12)11(18)13-6-8-3-5-14-15-8/h3,5,9H,2,4,6-7H2,1H3,(H,13,18)(H,14,15)/t9-,12-/m0/s1. The summed E-state index contributed by atoms with van der Waals surface area (Å²) in [6.45, 7) is 2.46. The van der Waals surface area contributed by atoms with Gasteiger partial charge < -0.3 is 10.2 Å². The summed E-state index contributed by atoms with van der Waals surface area (Å²) in [5.41, 5.74) is 0.856. The second-order valence-electron chi connectivity index (χ2n) is 5.07. The van der Waals surface area contributed by atoms with Crippen LogP contribution in [-0.2, 0) is 16.1 Å². The van der Waals surface area contributed by atoms with Crippen LogP contribution in [0.5, 0.6) is 0 Å². The van der Waals surface area contributed by atoms with Gasteiger partial charge in [-0.05, 0) is 19.4 Å². The molecular weight excluding hydrogens is 264 g/mol. The Morgan fingerprint density at radius 1 is 1.74 bits per heavy atom. The first-order valence-electron chi connectivity index (χ1n) is 6.32. The Balaban J connectivity index is 1.66. The highest BCUT2D eigenvalue weighted by Gasteiger charge is 2.52. The maximum atomic E-state index is 12.2. The van der Waals surface area contributed by atoms with Crippen LogP contribution in [0.3, 0.4) is 0 Å². The Morgan fingerprint density at radius 2 is 2.58 bits per heavy atom. The third kappa shape index (κ3) is 2.11. The Morgan fingerprint density at radius 3 is 3.32 bits per heavy atom. The van der Waals surface area contributed by atoms with Gasteiger partial charge in [0.1, 0.15) is 6.04 Å². The highest BCUT2D eigenvalue weighted by molar-refractivity contribution is 8.01. The van der Waals surface area contributed by atoms with Crippen LogP contribution < -0.4 is 5.32 Å². The lowest BCUT2D eigenvalue weighted by molar-refractivity contribution is -0.138. The highest BCUT2D eigenvalue weighted by Crippen LogP contribution is 2.47. The molecule has 2 fully saturated rings. The first-order valence-corrected chi connectivity index (χ1v) is 7.31. The molecule has 0 saturated carbocycles. The van der Waals surface area contributed by atoms with Crippen molar-refractivity contribution in [3.05, 3.63) is 18.0 Å². The van der Waals surface area contributed by atoms with Gasteiger partial charge in [-0.25, -0.2) is 0 Å². The van der Waals surface area contributed by atoms with Gasteiger partial charge in [0, 0.05) is 18.4 Å². The molecule has 3 rings (SSSR count). The molecule has 0 spiro atoms. The van der Waals surface area contributed by atoms with Crippen molar-refractivity contribution >= 4 is 23.6 Å². The monoisotopic (exact) mass is 280 g/mol. The molecular formula is C12H16N4O2S. The van der Waals surface area contributed by atoms with Crippen molar-refractivity contribution in [2.45, 2.75) is 37.2 Å². The summed E-state index contributed by atoms with van der Waals surface area (Å²) in [6.07, 6.45) is 3.03. The van der Waals surface area contributed by atoms with Crippen LogP contribution in [0, 0.1) is 0 Å². The van der Waals surface area contributed by atoms with E-state index in [-0.39, 0.29) is 22.7 Å². The molecule has 2 atom stereocenters. The van der Waals surface area contributed by atoms with Crippen LogP contribution in [0.4, 0.5) is 0 Å². The van der Waals surface area contributed by atoms with E-state index in [0.717, 1.165) is 12.1 Å². The van der Waals surface area contributed by atoms with Gasteiger partial charge >= 0.3 is 0 Å². The van der Waals surface area contributed by atoms with Gasteiger partial charge in [0.2, 0.25) is 11.8 Å². The van der Waals surface area contributed by atoms with Crippen LogP contribution >= 0.6 is 11.8 Å². The van der Waals surface area contributed by atoms with E-state index in [9.17, 15) is 9.59 Å². The number of nitrogens with zero attached hydrogens (tertiary/aromatic N) is 2. The molecule has 19 heavy (non-hydrogen) atoms.